The van der Waals surface area contributed by atoms with Gasteiger partial charge < -0.3 is 10.3 Å². The van der Waals surface area contributed by atoms with Crippen LogP contribution in [0, 0.1) is 0 Å². The molecule has 3 aromatic rings. The third-order valence-corrected chi connectivity index (χ3v) is 4.10. The Balaban J connectivity index is 1.75. The molecule has 0 saturated heterocycles. The fourth-order valence-corrected chi connectivity index (χ4v) is 2.82. The summed E-state index contributed by atoms with van der Waals surface area (Å²) in [5.41, 5.74) is 2.95. The first-order valence-corrected chi connectivity index (χ1v) is 7.99. The van der Waals surface area contributed by atoms with Crippen molar-refractivity contribution >= 4 is 16.9 Å². The summed E-state index contributed by atoms with van der Waals surface area (Å²) in [6.45, 7) is 3.98. The number of para-hydroxylation sites is 2. The molecular formula is C19H21N3O. The second-order valence-corrected chi connectivity index (χ2v) is 5.74. The van der Waals surface area contributed by atoms with E-state index >= 15 is 0 Å². The highest BCUT2D eigenvalue weighted by molar-refractivity contribution is 5.84. The molecule has 4 heteroatoms. The van der Waals surface area contributed by atoms with E-state index in [9.17, 15) is 4.79 Å². The molecule has 3 rings (SSSR count). The van der Waals surface area contributed by atoms with Crippen molar-refractivity contribution in [3.05, 3.63) is 66.0 Å². The number of carbonyl (C=O) groups excluding carboxylic acids is 1. The molecular weight excluding hydrogens is 286 g/mol. The van der Waals surface area contributed by atoms with E-state index in [4.69, 9.17) is 0 Å². The minimum absolute atomic E-state index is 0.0339. The van der Waals surface area contributed by atoms with Gasteiger partial charge >= 0.3 is 0 Å². The number of hydrogen-bond donors (Lipinski definition) is 2. The van der Waals surface area contributed by atoms with Crippen LogP contribution in [0.5, 0.6) is 0 Å². The normalized spacial score (nSPS) is 13.7. The second-order valence-electron chi connectivity index (χ2n) is 5.74. The fraction of sp³-hybridized carbons (Fsp3) is 0.263. The van der Waals surface area contributed by atoms with Crippen molar-refractivity contribution < 1.29 is 4.79 Å². The molecule has 2 atom stereocenters. The van der Waals surface area contributed by atoms with Gasteiger partial charge in [-0.05, 0) is 31.0 Å². The van der Waals surface area contributed by atoms with Gasteiger partial charge in [0.1, 0.15) is 5.82 Å². The summed E-state index contributed by atoms with van der Waals surface area (Å²) in [5.74, 6) is 0.678. The van der Waals surface area contributed by atoms with Gasteiger partial charge in [-0.15, -0.1) is 0 Å². The molecule has 0 aliphatic carbocycles. The zero-order valence-corrected chi connectivity index (χ0v) is 13.4. The van der Waals surface area contributed by atoms with Crippen LogP contribution in [-0.4, -0.2) is 15.9 Å². The van der Waals surface area contributed by atoms with E-state index in [1.807, 2.05) is 68.4 Å². The van der Waals surface area contributed by atoms with Gasteiger partial charge in [-0.25, -0.2) is 4.98 Å². The number of H-pyrrole nitrogens is 1. The van der Waals surface area contributed by atoms with E-state index in [1.165, 1.54) is 0 Å². The predicted molar refractivity (Wildman–Crippen MR) is 92.1 cm³/mol. The van der Waals surface area contributed by atoms with Crippen LogP contribution in [0.2, 0.25) is 0 Å². The first-order chi connectivity index (χ1) is 11.2. The SMILES string of the molecule is CCC(C(=O)N[C@H](C)c1nc2ccccc2[nH]1)c1ccccc1. The van der Waals surface area contributed by atoms with Gasteiger partial charge in [0.25, 0.3) is 0 Å². The molecule has 0 aliphatic heterocycles. The van der Waals surface area contributed by atoms with Gasteiger partial charge in [-0.1, -0.05) is 49.4 Å². The number of aromatic nitrogens is 2. The summed E-state index contributed by atoms with van der Waals surface area (Å²) in [4.78, 5) is 20.4. The molecule has 118 valence electrons. The Morgan fingerprint density at radius 3 is 2.52 bits per heavy atom. The standard InChI is InChI=1S/C19H21N3O/c1-3-15(14-9-5-4-6-10-14)19(23)20-13(2)18-21-16-11-7-8-12-17(16)22-18/h4-13,15H,3H2,1-2H3,(H,20,23)(H,21,22)/t13-,15?/m1/s1. The first kappa shape index (κ1) is 15.3. The predicted octanol–water partition coefficient (Wildman–Crippen LogP) is 3.93. The van der Waals surface area contributed by atoms with Crippen molar-refractivity contribution in [2.75, 3.05) is 0 Å². The molecule has 23 heavy (non-hydrogen) atoms. The summed E-state index contributed by atoms with van der Waals surface area (Å²) in [6.07, 6.45) is 0.767. The van der Waals surface area contributed by atoms with Crippen LogP contribution in [0.15, 0.2) is 54.6 Å². The molecule has 1 amide bonds. The summed E-state index contributed by atoms with van der Waals surface area (Å²) in [7, 11) is 0. The lowest BCUT2D eigenvalue weighted by atomic mass is 9.95. The molecule has 0 fully saturated rings. The van der Waals surface area contributed by atoms with E-state index in [-0.39, 0.29) is 17.9 Å². The second kappa shape index (κ2) is 6.65. The van der Waals surface area contributed by atoms with Crippen LogP contribution in [0.1, 0.15) is 43.6 Å². The van der Waals surface area contributed by atoms with Crippen molar-refractivity contribution in [3.8, 4) is 0 Å². The van der Waals surface area contributed by atoms with Crippen LogP contribution < -0.4 is 5.32 Å². The summed E-state index contributed by atoms with van der Waals surface area (Å²) >= 11 is 0. The Morgan fingerprint density at radius 1 is 1.13 bits per heavy atom. The Morgan fingerprint density at radius 2 is 1.83 bits per heavy atom. The van der Waals surface area contributed by atoms with Crippen LogP contribution in [-0.2, 0) is 4.79 Å². The number of carbonyl (C=O) groups is 1. The van der Waals surface area contributed by atoms with Gasteiger partial charge in [0.15, 0.2) is 0 Å². The van der Waals surface area contributed by atoms with E-state index in [2.05, 4.69) is 15.3 Å². The highest BCUT2D eigenvalue weighted by Gasteiger charge is 2.21. The molecule has 0 aliphatic rings. The van der Waals surface area contributed by atoms with Crippen molar-refractivity contribution in [1.29, 1.82) is 0 Å². The van der Waals surface area contributed by atoms with Gasteiger partial charge in [-0.2, -0.15) is 0 Å². The van der Waals surface area contributed by atoms with Crippen LogP contribution >= 0.6 is 0 Å². The quantitative estimate of drug-likeness (QED) is 0.750. The zero-order valence-electron chi connectivity index (χ0n) is 13.4. The molecule has 1 unspecified atom stereocenters. The first-order valence-electron chi connectivity index (χ1n) is 7.99. The number of nitrogens with zero attached hydrogens (tertiary/aromatic N) is 1. The summed E-state index contributed by atoms with van der Waals surface area (Å²) in [6, 6.07) is 17.6. The monoisotopic (exact) mass is 307 g/mol. The number of amides is 1. The zero-order chi connectivity index (χ0) is 16.2. The van der Waals surface area contributed by atoms with Gasteiger partial charge in [0, 0.05) is 0 Å². The van der Waals surface area contributed by atoms with Crippen molar-refractivity contribution in [2.24, 2.45) is 0 Å². The minimum Gasteiger partial charge on any atom is -0.346 e. The minimum atomic E-state index is -0.160. The lowest BCUT2D eigenvalue weighted by molar-refractivity contribution is -0.123. The number of rotatable bonds is 5. The number of fused-ring (bicyclic) bond motifs is 1. The van der Waals surface area contributed by atoms with Crippen molar-refractivity contribution in [2.45, 2.75) is 32.2 Å². The molecule has 2 N–H and O–H groups in total. The summed E-state index contributed by atoms with van der Waals surface area (Å²) in [5, 5.41) is 3.07. The topological polar surface area (TPSA) is 57.8 Å². The largest absolute Gasteiger partial charge is 0.346 e. The smallest absolute Gasteiger partial charge is 0.228 e. The van der Waals surface area contributed by atoms with Crippen LogP contribution in [0.4, 0.5) is 0 Å². The van der Waals surface area contributed by atoms with E-state index < -0.39 is 0 Å². The number of imidazole rings is 1. The van der Waals surface area contributed by atoms with E-state index in [1.54, 1.807) is 0 Å². The molecule has 0 bridgehead atoms. The maximum atomic E-state index is 12.6. The number of nitrogens with one attached hydrogen (secondary N) is 2. The Labute approximate surface area is 136 Å². The maximum absolute atomic E-state index is 12.6. The van der Waals surface area contributed by atoms with E-state index in [0.29, 0.717) is 0 Å². The third kappa shape index (κ3) is 3.26. The molecule has 4 nitrogen and oxygen atoms in total. The maximum Gasteiger partial charge on any atom is 0.228 e. The average Bonchev–Trinajstić information content (AvgIpc) is 3.01. The molecule has 0 radical (unpaired) electrons. The molecule has 0 saturated carbocycles. The van der Waals surface area contributed by atoms with Crippen LogP contribution in [0.3, 0.4) is 0 Å². The third-order valence-electron chi connectivity index (χ3n) is 4.10. The lowest BCUT2D eigenvalue weighted by Crippen LogP contribution is -2.32. The van der Waals surface area contributed by atoms with E-state index in [0.717, 1.165) is 28.8 Å². The Kier molecular flexibility index (Phi) is 4.42. The molecule has 0 spiro atoms. The summed E-state index contributed by atoms with van der Waals surface area (Å²) < 4.78 is 0. The van der Waals surface area contributed by atoms with Crippen molar-refractivity contribution in [3.63, 3.8) is 0 Å². The number of benzene rings is 2. The van der Waals surface area contributed by atoms with Gasteiger partial charge in [-0.3, -0.25) is 4.79 Å². The number of hydrogen-bond acceptors (Lipinski definition) is 2. The van der Waals surface area contributed by atoms with Gasteiger partial charge in [0.05, 0.1) is 23.0 Å². The molecule has 1 aromatic heterocycles. The van der Waals surface area contributed by atoms with Gasteiger partial charge in [0.2, 0.25) is 5.91 Å². The highest BCUT2D eigenvalue weighted by Crippen LogP contribution is 2.21. The molecule has 1 heterocycles. The van der Waals surface area contributed by atoms with Crippen LogP contribution in [0.25, 0.3) is 11.0 Å². The molecule has 2 aromatic carbocycles. The fourth-order valence-electron chi connectivity index (χ4n) is 2.82. The van der Waals surface area contributed by atoms with Crippen molar-refractivity contribution in [1.82, 2.24) is 15.3 Å². The average molecular weight is 307 g/mol. The Hall–Kier alpha value is -2.62. The highest BCUT2D eigenvalue weighted by atomic mass is 16.1. The Bertz CT molecular complexity index is 761. The number of aromatic amines is 1. The lowest BCUT2D eigenvalue weighted by Gasteiger charge is -2.18.